The topological polar surface area (TPSA) is 34.1 Å². The van der Waals surface area contributed by atoms with Gasteiger partial charge in [0.05, 0.1) is 0 Å². The van der Waals surface area contributed by atoms with E-state index in [1.165, 1.54) is 11.1 Å². The van der Waals surface area contributed by atoms with Gasteiger partial charge in [-0.15, -0.1) is 0 Å². The predicted octanol–water partition coefficient (Wildman–Crippen LogP) is 4.89. The molecule has 0 aliphatic heterocycles. The maximum Gasteiger partial charge on any atom is 0.159 e. The summed E-state index contributed by atoms with van der Waals surface area (Å²) in [6.07, 6.45) is 7.20. The molecule has 0 radical (unpaired) electrons. The Hall–Kier alpha value is -1.18. The van der Waals surface area contributed by atoms with Gasteiger partial charge in [-0.2, -0.15) is 0 Å². The fourth-order valence-electron chi connectivity index (χ4n) is 3.59. The molecule has 2 heteroatoms. The Kier molecular flexibility index (Phi) is 4.52. The van der Waals surface area contributed by atoms with E-state index in [1.807, 2.05) is 12.2 Å². The summed E-state index contributed by atoms with van der Waals surface area (Å²) in [4.78, 5) is 25.1. The fourth-order valence-corrected chi connectivity index (χ4v) is 3.59. The smallest absolute Gasteiger partial charge is 0.159 e. The Labute approximate surface area is 135 Å². The summed E-state index contributed by atoms with van der Waals surface area (Å²) in [6.45, 7) is 12.9. The first-order chi connectivity index (χ1) is 10.00. The molecular weight excluding hydrogens is 272 g/mol. The second kappa shape index (κ2) is 5.79. The summed E-state index contributed by atoms with van der Waals surface area (Å²) in [5.41, 5.74) is 2.55. The van der Waals surface area contributed by atoms with Crippen molar-refractivity contribution in [2.45, 2.75) is 67.2 Å². The zero-order valence-electron chi connectivity index (χ0n) is 15.0. The number of allylic oxidation sites excluding steroid dienone is 4. The molecule has 0 N–H and O–H groups in total. The van der Waals surface area contributed by atoms with Crippen LogP contribution in [0.1, 0.15) is 67.2 Å². The lowest BCUT2D eigenvalue weighted by Crippen LogP contribution is -2.34. The van der Waals surface area contributed by atoms with E-state index >= 15 is 0 Å². The monoisotopic (exact) mass is 302 g/mol. The molecule has 0 aromatic rings. The zero-order valence-corrected chi connectivity index (χ0v) is 15.0. The van der Waals surface area contributed by atoms with Gasteiger partial charge in [0.1, 0.15) is 0 Å². The third kappa shape index (κ3) is 3.59. The first-order valence-electron chi connectivity index (χ1n) is 8.50. The van der Waals surface area contributed by atoms with Crippen molar-refractivity contribution in [3.63, 3.8) is 0 Å². The van der Waals surface area contributed by atoms with Crippen molar-refractivity contribution in [2.75, 3.05) is 0 Å². The highest BCUT2D eigenvalue weighted by Gasteiger charge is 2.38. The van der Waals surface area contributed by atoms with E-state index < -0.39 is 0 Å². The molecule has 0 bridgehead atoms. The van der Waals surface area contributed by atoms with Crippen molar-refractivity contribution in [1.82, 2.24) is 0 Å². The summed E-state index contributed by atoms with van der Waals surface area (Å²) >= 11 is 0. The third-order valence-corrected chi connectivity index (χ3v) is 5.23. The molecule has 2 aliphatic rings. The average Bonchev–Trinajstić information content (AvgIpc) is 2.37. The lowest BCUT2D eigenvalue weighted by atomic mass is 9.68. The van der Waals surface area contributed by atoms with E-state index in [-0.39, 0.29) is 34.2 Å². The Bertz CT molecular complexity index is 485. The summed E-state index contributed by atoms with van der Waals surface area (Å²) in [5, 5.41) is 0. The Morgan fingerprint density at radius 2 is 1.05 bits per heavy atom. The molecule has 22 heavy (non-hydrogen) atoms. The fraction of sp³-hybridized carbons (Fsp3) is 0.700. The minimum Gasteiger partial charge on any atom is -0.295 e. The third-order valence-electron chi connectivity index (χ3n) is 5.23. The SMILES string of the molecule is CC(C)(C)C1=CC(=O)[C@H]([C@@H]2CCC(C(C)(C)C)=CC2=O)CC1. The van der Waals surface area contributed by atoms with E-state index in [4.69, 9.17) is 0 Å². The number of carbonyl (C=O) groups is 2. The highest BCUT2D eigenvalue weighted by Crippen LogP contribution is 2.41. The van der Waals surface area contributed by atoms with Gasteiger partial charge in [0, 0.05) is 11.8 Å². The molecule has 0 aromatic heterocycles. The Morgan fingerprint density at radius 1 is 0.727 bits per heavy atom. The first kappa shape index (κ1) is 17.2. The van der Waals surface area contributed by atoms with Crippen LogP contribution in [0, 0.1) is 22.7 Å². The van der Waals surface area contributed by atoms with Gasteiger partial charge in [-0.25, -0.2) is 0 Å². The quantitative estimate of drug-likeness (QED) is 0.691. The van der Waals surface area contributed by atoms with Crippen LogP contribution < -0.4 is 0 Å². The summed E-state index contributed by atoms with van der Waals surface area (Å²) in [5.74, 6) is 0.136. The number of hydrogen-bond acceptors (Lipinski definition) is 2. The molecule has 2 aliphatic carbocycles. The Morgan fingerprint density at radius 3 is 1.27 bits per heavy atom. The maximum absolute atomic E-state index is 12.5. The summed E-state index contributed by atoms with van der Waals surface area (Å²) < 4.78 is 0. The van der Waals surface area contributed by atoms with Crippen molar-refractivity contribution < 1.29 is 9.59 Å². The lowest BCUT2D eigenvalue weighted by Gasteiger charge is -2.35. The van der Waals surface area contributed by atoms with E-state index in [9.17, 15) is 9.59 Å². The van der Waals surface area contributed by atoms with Crippen molar-refractivity contribution in [1.29, 1.82) is 0 Å². The molecule has 0 heterocycles. The van der Waals surface area contributed by atoms with E-state index in [0.717, 1.165) is 25.7 Å². The van der Waals surface area contributed by atoms with Gasteiger partial charge in [-0.1, -0.05) is 52.7 Å². The second-order valence-electron chi connectivity index (χ2n) is 8.93. The zero-order chi connectivity index (χ0) is 16.7. The maximum atomic E-state index is 12.5. The van der Waals surface area contributed by atoms with Gasteiger partial charge >= 0.3 is 0 Å². The standard InChI is InChI=1S/C20H30O2/c1-19(2,3)13-7-9-15(17(21)11-13)16-10-8-14(12-18(16)22)20(4,5)6/h11-12,15-16H,7-10H2,1-6H3/t15-,16-/m0/s1. The lowest BCUT2D eigenvalue weighted by molar-refractivity contribution is -0.128. The van der Waals surface area contributed by atoms with E-state index in [0.29, 0.717) is 0 Å². The highest BCUT2D eigenvalue weighted by molar-refractivity contribution is 6.01. The van der Waals surface area contributed by atoms with Crippen LogP contribution in [0.4, 0.5) is 0 Å². The molecule has 2 nitrogen and oxygen atoms in total. The van der Waals surface area contributed by atoms with Crippen LogP contribution in [0.15, 0.2) is 23.3 Å². The van der Waals surface area contributed by atoms with E-state index in [2.05, 4.69) is 41.5 Å². The van der Waals surface area contributed by atoms with Gasteiger partial charge in [-0.05, 0) is 48.7 Å². The van der Waals surface area contributed by atoms with Gasteiger partial charge in [-0.3, -0.25) is 9.59 Å². The molecular formula is C20H30O2. The largest absolute Gasteiger partial charge is 0.295 e. The molecule has 0 unspecified atom stereocenters. The number of carbonyl (C=O) groups excluding carboxylic acids is 2. The first-order valence-corrected chi connectivity index (χ1v) is 8.50. The van der Waals surface area contributed by atoms with Crippen LogP contribution in [-0.2, 0) is 9.59 Å². The molecule has 0 saturated heterocycles. The molecule has 0 spiro atoms. The minimum absolute atomic E-state index is 0.0521. The molecule has 122 valence electrons. The van der Waals surface area contributed by atoms with E-state index in [1.54, 1.807) is 0 Å². The van der Waals surface area contributed by atoms with Crippen LogP contribution in [0.5, 0.6) is 0 Å². The van der Waals surface area contributed by atoms with Crippen LogP contribution in [0.25, 0.3) is 0 Å². The van der Waals surface area contributed by atoms with Crippen LogP contribution in [0.3, 0.4) is 0 Å². The van der Waals surface area contributed by atoms with Crippen molar-refractivity contribution in [2.24, 2.45) is 22.7 Å². The number of rotatable bonds is 1. The predicted molar refractivity (Wildman–Crippen MR) is 90.5 cm³/mol. The highest BCUT2D eigenvalue weighted by atomic mass is 16.1. The number of hydrogen-bond donors (Lipinski definition) is 0. The van der Waals surface area contributed by atoms with Gasteiger partial charge in [0.2, 0.25) is 0 Å². The normalized spacial score (nSPS) is 27.5. The summed E-state index contributed by atoms with van der Waals surface area (Å²) in [6, 6.07) is 0. The second-order valence-corrected chi connectivity index (χ2v) is 8.93. The van der Waals surface area contributed by atoms with Crippen LogP contribution >= 0.6 is 0 Å². The van der Waals surface area contributed by atoms with Crippen LogP contribution in [0.2, 0.25) is 0 Å². The van der Waals surface area contributed by atoms with Gasteiger partial charge in [0.15, 0.2) is 11.6 Å². The van der Waals surface area contributed by atoms with Crippen molar-refractivity contribution in [3.05, 3.63) is 23.3 Å². The Balaban J connectivity index is 2.16. The molecule has 0 aromatic carbocycles. The molecule has 2 rings (SSSR count). The van der Waals surface area contributed by atoms with Crippen molar-refractivity contribution >= 4 is 11.6 Å². The summed E-state index contributed by atoms with van der Waals surface area (Å²) in [7, 11) is 0. The molecule has 0 fully saturated rings. The van der Waals surface area contributed by atoms with Gasteiger partial charge < -0.3 is 0 Å². The number of ketones is 2. The minimum atomic E-state index is -0.101. The average molecular weight is 302 g/mol. The molecule has 0 amide bonds. The van der Waals surface area contributed by atoms with Crippen molar-refractivity contribution in [3.8, 4) is 0 Å². The molecule has 2 atom stereocenters. The molecule has 0 saturated carbocycles. The van der Waals surface area contributed by atoms with Gasteiger partial charge in [0.25, 0.3) is 0 Å². The van der Waals surface area contributed by atoms with Crippen LogP contribution in [-0.4, -0.2) is 11.6 Å².